The molecule has 2 heterocycles. The van der Waals surface area contributed by atoms with E-state index < -0.39 is 28.8 Å². The van der Waals surface area contributed by atoms with E-state index in [1.807, 2.05) is 13.0 Å². The Bertz CT molecular complexity index is 1180. The average Bonchev–Trinajstić information content (AvgIpc) is 3.35. The molecule has 2 aliphatic rings. The van der Waals surface area contributed by atoms with Gasteiger partial charge in [0.05, 0.1) is 23.5 Å². The molecule has 1 saturated heterocycles. The third-order valence-electron chi connectivity index (χ3n) is 6.09. The number of likely N-dealkylation sites (N-methyl/N-ethyl adjacent to an activating group) is 1. The van der Waals surface area contributed by atoms with Gasteiger partial charge in [-0.05, 0) is 56.2 Å². The largest absolute Gasteiger partial charge is 0.417 e. The number of alkyl halides is 3. The van der Waals surface area contributed by atoms with Gasteiger partial charge in [-0.2, -0.15) is 13.2 Å². The fourth-order valence-corrected chi connectivity index (χ4v) is 4.51. The van der Waals surface area contributed by atoms with Crippen LogP contribution in [0, 0.1) is 6.92 Å². The van der Waals surface area contributed by atoms with Crippen LogP contribution in [0.3, 0.4) is 0 Å². The third-order valence-corrected chi connectivity index (χ3v) is 6.31. The van der Waals surface area contributed by atoms with Gasteiger partial charge in [0.15, 0.2) is 5.60 Å². The summed E-state index contributed by atoms with van der Waals surface area (Å²) >= 11 is 6.17. The zero-order valence-corrected chi connectivity index (χ0v) is 19.6. The van der Waals surface area contributed by atoms with Gasteiger partial charge in [0, 0.05) is 23.6 Å². The number of rotatable bonds is 4. The highest BCUT2D eigenvalue weighted by Crippen LogP contribution is 2.39. The number of oxime groups is 1. The van der Waals surface area contributed by atoms with Crippen LogP contribution in [0.25, 0.3) is 0 Å². The molecule has 0 N–H and O–H groups in total. The first-order valence-electron chi connectivity index (χ1n) is 10.7. The van der Waals surface area contributed by atoms with Crippen LogP contribution in [0.2, 0.25) is 5.02 Å². The van der Waals surface area contributed by atoms with Gasteiger partial charge in [0.25, 0.3) is 5.91 Å². The molecule has 0 aromatic heterocycles. The van der Waals surface area contributed by atoms with Crippen molar-refractivity contribution in [1.82, 2.24) is 9.80 Å². The molecule has 0 saturated carbocycles. The van der Waals surface area contributed by atoms with Crippen molar-refractivity contribution in [3.8, 4) is 0 Å². The molecular formula is C24H23ClF3N3O3. The number of nitrogens with zero attached hydrogens (tertiary/aromatic N) is 3. The molecule has 1 atom stereocenters. The molecule has 2 aliphatic heterocycles. The number of halogens is 4. The van der Waals surface area contributed by atoms with E-state index in [2.05, 4.69) is 5.16 Å². The summed E-state index contributed by atoms with van der Waals surface area (Å²) in [6, 6.07) is 8.91. The van der Waals surface area contributed by atoms with Crippen LogP contribution in [0.5, 0.6) is 0 Å². The number of carbonyl (C=O) groups is 2. The molecule has 0 spiro atoms. The Balaban J connectivity index is 1.63. The van der Waals surface area contributed by atoms with Crippen LogP contribution >= 0.6 is 11.6 Å². The van der Waals surface area contributed by atoms with Crippen LogP contribution in [0.1, 0.15) is 52.9 Å². The van der Waals surface area contributed by atoms with E-state index >= 15 is 0 Å². The number of hydrogen-bond donors (Lipinski definition) is 0. The van der Waals surface area contributed by atoms with Crippen molar-refractivity contribution in [3.63, 3.8) is 0 Å². The summed E-state index contributed by atoms with van der Waals surface area (Å²) in [6.45, 7) is 5.51. The maximum absolute atomic E-state index is 14.0. The molecule has 1 unspecified atom stereocenters. The number of amides is 2. The van der Waals surface area contributed by atoms with Crippen LogP contribution in [0.15, 0.2) is 41.6 Å². The zero-order chi connectivity index (χ0) is 24.8. The van der Waals surface area contributed by atoms with Crippen molar-refractivity contribution in [2.24, 2.45) is 5.16 Å². The summed E-state index contributed by atoms with van der Waals surface area (Å²) < 4.78 is 41.9. The molecule has 2 aromatic carbocycles. The number of hydrogen-bond acceptors (Lipinski definition) is 4. The summed E-state index contributed by atoms with van der Waals surface area (Å²) in [5, 5.41) is 4.59. The van der Waals surface area contributed by atoms with Gasteiger partial charge in [-0.15, -0.1) is 0 Å². The minimum Gasteiger partial charge on any atom is -0.384 e. The fourth-order valence-electron chi connectivity index (χ4n) is 4.22. The topological polar surface area (TPSA) is 62.2 Å². The lowest BCUT2D eigenvalue weighted by Gasteiger charge is -2.23. The van der Waals surface area contributed by atoms with Gasteiger partial charge < -0.3 is 14.6 Å². The lowest BCUT2D eigenvalue weighted by atomic mass is 9.87. The van der Waals surface area contributed by atoms with E-state index in [0.717, 1.165) is 28.2 Å². The third kappa shape index (κ3) is 4.49. The molecule has 0 radical (unpaired) electrons. The van der Waals surface area contributed by atoms with Gasteiger partial charge in [0.1, 0.15) is 6.54 Å². The van der Waals surface area contributed by atoms with Crippen LogP contribution in [0.4, 0.5) is 13.2 Å². The molecule has 0 aliphatic carbocycles. The highest BCUT2D eigenvalue weighted by molar-refractivity contribution is 6.30. The lowest BCUT2D eigenvalue weighted by Crippen LogP contribution is -2.32. The zero-order valence-electron chi connectivity index (χ0n) is 18.9. The van der Waals surface area contributed by atoms with E-state index in [0.29, 0.717) is 17.3 Å². The Morgan fingerprint density at radius 1 is 1.24 bits per heavy atom. The standard InChI is InChI=1S/C24H23ClF3N3O3/c1-4-30-13-31(12-21(30)32)22(33)18-6-5-15(9-19(18)24(26,27)28)20-11-23(3,34-29-20)16-7-14(2)8-17(25)10-16/h5-10H,4,11-13H2,1-3H3. The Morgan fingerprint density at radius 2 is 1.97 bits per heavy atom. The number of benzene rings is 2. The molecule has 2 amide bonds. The van der Waals surface area contributed by atoms with E-state index in [1.54, 1.807) is 26.0 Å². The molecule has 34 heavy (non-hydrogen) atoms. The summed E-state index contributed by atoms with van der Waals surface area (Å²) in [5.74, 6) is -1.14. The molecule has 0 bridgehead atoms. The van der Waals surface area contributed by atoms with Crippen molar-refractivity contribution < 1.29 is 27.6 Å². The van der Waals surface area contributed by atoms with Crippen molar-refractivity contribution >= 4 is 29.1 Å². The predicted molar refractivity (Wildman–Crippen MR) is 121 cm³/mol. The number of carbonyl (C=O) groups excluding carboxylic acids is 2. The second-order valence-electron chi connectivity index (χ2n) is 8.71. The van der Waals surface area contributed by atoms with E-state index in [9.17, 15) is 22.8 Å². The van der Waals surface area contributed by atoms with E-state index in [-0.39, 0.29) is 31.1 Å². The van der Waals surface area contributed by atoms with Gasteiger partial charge in [-0.25, -0.2) is 0 Å². The van der Waals surface area contributed by atoms with Gasteiger partial charge >= 0.3 is 6.18 Å². The van der Waals surface area contributed by atoms with Crippen LogP contribution in [-0.2, 0) is 21.4 Å². The van der Waals surface area contributed by atoms with Crippen molar-refractivity contribution in [2.75, 3.05) is 19.8 Å². The van der Waals surface area contributed by atoms with Crippen molar-refractivity contribution in [3.05, 3.63) is 69.2 Å². The SMILES string of the molecule is CCN1CN(C(=O)c2ccc(C3=NOC(C)(c4cc(C)cc(Cl)c4)C3)cc2C(F)(F)F)CC1=O. The van der Waals surface area contributed by atoms with Gasteiger partial charge in [0.2, 0.25) is 5.91 Å². The first-order valence-corrected chi connectivity index (χ1v) is 11.1. The molecule has 6 nitrogen and oxygen atoms in total. The van der Waals surface area contributed by atoms with E-state index in [4.69, 9.17) is 16.4 Å². The normalized spacial score (nSPS) is 20.6. The highest BCUT2D eigenvalue weighted by atomic mass is 35.5. The van der Waals surface area contributed by atoms with Crippen molar-refractivity contribution in [1.29, 1.82) is 0 Å². The molecule has 1 fully saturated rings. The molecular weight excluding hydrogens is 471 g/mol. The van der Waals surface area contributed by atoms with Gasteiger partial charge in [-0.1, -0.05) is 28.9 Å². The van der Waals surface area contributed by atoms with Crippen LogP contribution < -0.4 is 0 Å². The Kier molecular flexibility index (Phi) is 6.10. The molecule has 10 heteroatoms. The average molecular weight is 494 g/mol. The first-order chi connectivity index (χ1) is 15.9. The summed E-state index contributed by atoms with van der Waals surface area (Å²) in [4.78, 5) is 33.0. The fraction of sp³-hybridized carbons (Fsp3) is 0.375. The second kappa shape index (κ2) is 8.61. The molecule has 2 aromatic rings. The quantitative estimate of drug-likeness (QED) is 0.604. The summed E-state index contributed by atoms with van der Waals surface area (Å²) in [5.41, 5.74) is -0.250. The molecule has 4 rings (SSSR count). The Labute approximate surface area is 199 Å². The minimum atomic E-state index is -4.78. The summed E-state index contributed by atoms with van der Waals surface area (Å²) in [7, 11) is 0. The number of aryl methyl sites for hydroxylation is 1. The Morgan fingerprint density at radius 3 is 2.59 bits per heavy atom. The molecule has 180 valence electrons. The minimum absolute atomic E-state index is 0.0365. The van der Waals surface area contributed by atoms with E-state index in [1.165, 1.54) is 11.0 Å². The summed E-state index contributed by atoms with van der Waals surface area (Å²) in [6.07, 6.45) is -4.55. The first kappa shape index (κ1) is 24.1. The van der Waals surface area contributed by atoms with Gasteiger partial charge in [-0.3, -0.25) is 9.59 Å². The predicted octanol–water partition coefficient (Wildman–Crippen LogP) is 4.97. The second-order valence-corrected chi connectivity index (χ2v) is 9.14. The van der Waals surface area contributed by atoms with Crippen LogP contribution in [-0.4, -0.2) is 47.1 Å². The smallest absolute Gasteiger partial charge is 0.384 e. The van der Waals surface area contributed by atoms with Crippen molar-refractivity contribution in [2.45, 2.75) is 39.0 Å². The lowest BCUT2D eigenvalue weighted by molar-refractivity contribution is -0.138. The maximum Gasteiger partial charge on any atom is 0.417 e. The monoisotopic (exact) mass is 493 g/mol. The Hall–Kier alpha value is -3.07. The maximum atomic E-state index is 14.0. The highest BCUT2D eigenvalue weighted by Gasteiger charge is 2.41.